The van der Waals surface area contributed by atoms with Crippen molar-refractivity contribution >= 4 is 40.7 Å². The lowest BCUT2D eigenvalue weighted by Gasteiger charge is -2.20. The lowest BCUT2D eigenvalue weighted by molar-refractivity contribution is -0.127. The van der Waals surface area contributed by atoms with Crippen molar-refractivity contribution < 1.29 is 19.1 Å². The number of amides is 3. The first-order valence-electron chi connectivity index (χ1n) is 9.58. The van der Waals surface area contributed by atoms with Gasteiger partial charge >= 0.3 is 0 Å². The summed E-state index contributed by atoms with van der Waals surface area (Å²) in [5.41, 5.74) is 3.16. The number of nitrogens with zero attached hydrogens (tertiary/aromatic N) is 1. The van der Waals surface area contributed by atoms with Crippen LogP contribution in [0.2, 0.25) is 5.02 Å². The normalized spacial score (nSPS) is 15.8. The average molecular weight is 430 g/mol. The van der Waals surface area contributed by atoms with Crippen molar-refractivity contribution in [1.29, 1.82) is 0 Å². The highest BCUT2D eigenvalue weighted by atomic mass is 35.5. The molecular formula is C22H24ClN3O4. The van der Waals surface area contributed by atoms with Crippen LogP contribution in [0.4, 0.5) is 11.4 Å². The maximum Gasteiger partial charge on any atom is 0.243 e. The zero-order valence-electron chi connectivity index (χ0n) is 17.1. The number of benzene rings is 2. The second-order valence-electron chi connectivity index (χ2n) is 7.25. The van der Waals surface area contributed by atoms with Crippen molar-refractivity contribution in [3.05, 3.63) is 52.5 Å². The van der Waals surface area contributed by atoms with Crippen LogP contribution in [0.5, 0.6) is 5.75 Å². The van der Waals surface area contributed by atoms with Crippen LogP contribution in [0.3, 0.4) is 0 Å². The fourth-order valence-electron chi connectivity index (χ4n) is 3.50. The second kappa shape index (κ2) is 9.17. The van der Waals surface area contributed by atoms with Gasteiger partial charge in [0.05, 0.1) is 25.3 Å². The van der Waals surface area contributed by atoms with Gasteiger partial charge in [0.25, 0.3) is 0 Å². The van der Waals surface area contributed by atoms with Gasteiger partial charge in [-0.15, -0.1) is 0 Å². The number of aryl methyl sites for hydroxylation is 2. The Hall–Kier alpha value is -3.06. The number of carbonyl (C=O) groups is 3. The lowest BCUT2D eigenvalue weighted by atomic mass is 10.1. The molecule has 158 valence electrons. The van der Waals surface area contributed by atoms with Crippen LogP contribution in [0.25, 0.3) is 0 Å². The molecule has 1 aliphatic heterocycles. The molecule has 2 N–H and O–H groups in total. The molecule has 2 aromatic carbocycles. The third-order valence-corrected chi connectivity index (χ3v) is 5.33. The van der Waals surface area contributed by atoms with E-state index in [2.05, 4.69) is 10.6 Å². The molecule has 1 saturated heterocycles. The molecule has 1 unspecified atom stereocenters. The topological polar surface area (TPSA) is 87.7 Å². The molecule has 7 nitrogen and oxygen atoms in total. The molecule has 8 heteroatoms. The van der Waals surface area contributed by atoms with Gasteiger partial charge in [-0.3, -0.25) is 14.4 Å². The fourth-order valence-corrected chi connectivity index (χ4v) is 3.66. The van der Waals surface area contributed by atoms with E-state index in [4.69, 9.17) is 16.3 Å². The van der Waals surface area contributed by atoms with E-state index in [-0.39, 0.29) is 37.2 Å². The van der Waals surface area contributed by atoms with Gasteiger partial charge in [-0.2, -0.15) is 0 Å². The van der Waals surface area contributed by atoms with Crippen LogP contribution in [-0.4, -0.2) is 37.9 Å². The number of anilines is 2. The van der Waals surface area contributed by atoms with E-state index in [1.54, 1.807) is 18.2 Å². The Morgan fingerprint density at radius 1 is 1.20 bits per heavy atom. The van der Waals surface area contributed by atoms with Gasteiger partial charge < -0.3 is 20.3 Å². The first-order chi connectivity index (χ1) is 14.3. The number of methoxy groups -OCH3 is 1. The Morgan fingerprint density at radius 3 is 2.57 bits per heavy atom. The summed E-state index contributed by atoms with van der Waals surface area (Å²) >= 11 is 6.05. The molecule has 3 rings (SSSR count). The number of para-hydroxylation sites is 1. The SMILES string of the molecule is COc1ccc(Cl)cc1N1CC(C(=O)NCC(=O)Nc2c(C)cccc2C)CC1=O. The molecule has 1 atom stereocenters. The minimum Gasteiger partial charge on any atom is -0.495 e. The fraction of sp³-hybridized carbons (Fsp3) is 0.318. The van der Waals surface area contributed by atoms with Gasteiger partial charge in [0.2, 0.25) is 17.7 Å². The van der Waals surface area contributed by atoms with Crippen LogP contribution >= 0.6 is 11.6 Å². The highest BCUT2D eigenvalue weighted by Gasteiger charge is 2.36. The summed E-state index contributed by atoms with van der Waals surface area (Å²) in [6, 6.07) is 10.7. The van der Waals surface area contributed by atoms with E-state index in [1.807, 2.05) is 32.0 Å². The highest BCUT2D eigenvalue weighted by Crippen LogP contribution is 2.35. The summed E-state index contributed by atoms with van der Waals surface area (Å²) < 4.78 is 5.31. The summed E-state index contributed by atoms with van der Waals surface area (Å²) in [4.78, 5) is 38.8. The summed E-state index contributed by atoms with van der Waals surface area (Å²) in [5, 5.41) is 5.92. The molecule has 1 aliphatic rings. The largest absolute Gasteiger partial charge is 0.495 e. The van der Waals surface area contributed by atoms with Crippen molar-refractivity contribution in [2.24, 2.45) is 5.92 Å². The molecule has 0 aliphatic carbocycles. The number of ether oxygens (including phenoxy) is 1. The van der Waals surface area contributed by atoms with E-state index < -0.39 is 5.92 Å². The Morgan fingerprint density at radius 2 is 1.90 bits per heavy atom. The monoisotopic (exact) mass is 429 g/mol. The molecule has 0 spiro atoms. The maximum atomic E-state index is 12.6. The number of rotatable bonds is 6. The predicted octanol–water partition coefficient (Wildman–Crippen LogP) is 3.07. The molecule has 1 heterocycles. The Labute approximate surface area is 180 Å². The standard InChI is InChI=1S/C22H24ClN3O4/c1-13-5-4-6-14(2)21(13)25-19(27)11-24-22(29)15-9-20(28)26(12-15)17-10-16(23)7-8-18(17)30-3/h4-8,10,15H,9,11-12H2,1-3H3,(H,24,29)(H,25,27). The molecule has 0 saturated carbocycles. The van der Waals surface area contributed by atoms with Crippen molar-refractivity contribution in [3.8, 4) is 5.75 Å². The molecule has 0 bridgehead atoms. The Kier molecular flexibility index (Phi) is 6.62. The van der Waals surface area contributed by atoms with Gasteiger partial charge in [0, 0.05) is 23.7 Å². The maximum absolute atomic E-state index is 12.6. The van der Waals surface area contributed by atoms with Gasteiger partial charge in [-0.05, 0) is 43.2 Å². The number of carbonyl (C=O) groups excluding carboxylic acids is 3. The van der Waals surface area contributed by atoms with Crippen molar-refractivity contribution in [2.45, 2.75) is 20.3 Å². The number of halogens is 1. The Balaban J connectivity index is 1.60. The zero-order chi connectivity index (χ0) is 21.8. The number of hydrogen-bond acceptors (Lipinski definition) is 4. The van der Waals surface area contributed by atoms with E-state index in [0.717, 1.165) is 16.8 Å². The lowest BCUT2D eigenvalue weighted by Crippen LogP contribution is -2.38. The first-order valence-corrected chi connectivity index (χ1v) is 9.95. The van der Waals surface area contributed by atoms with E-state index in [9.17, 15) is 14.4 Å². The predicted molar refractivity (Wildman–Crippen MR) is 116 cm³/mol. The molecule has 1 fully saturated rings. The number of nitrogens with one attached hydrogen (secondary N) is 2. The van der Waals surface area contributed by atoms with E-state index in [0.29, 0.717) is 16.5 Å². The average Bonchev–Trinajstić information content (AvgIpc) is 3.10. The zero-order valence-corrected chi connectivity index (χ0v) is 17.9. The van der Waals surface area contributed by atoms with Crippen molar-refractivity contribution in [1.82, 2.24) is 5.32 Å². The van der Waals surface area contributed by atoms with Crippen molar-refractivity contribution in [2.75, 3.05) is 30.4 Å². The molecule has 0 aromatic heterocycles. The minimum absolute atomic E-state index is 0.0556. The van der Waals surface area contributed by atoms with Crippen LogP contribution in [0.1, 0.15) is 17.5 Å². The minimum atomic E-state index is -0.561. The molecule has 3 amide bonds. The van der Waals surface area contributed by atoms with Gasteiger partial charge in [-0.1, -0.05) is 29.8 Å². The third kappa shape index (κ3) is 4.74. The molecule has 2 aromatic rings. The van der Waals surface area contributed by atoms with Crippen LogP contribution < -0.4 is 20.3 Å². The van der Waals surface area contributed by atoms with Crippen LogP contribution in [0.15, 0.2) is 36.4 Å². The summed E-state index contributed by atoms with van der Waals surface area (Å²) in [5.74, 6) is -0.923. The van der Waals surface area contributed by atoms with E-state index in [1.165, 1.54) is 12.0 Å². The van der Waals surface area contributed by atoms with Gasteiger partial charge in [0.1, 0.15) is 5.75 Å². The number of hydrogen-bond donors (Lipinski definition) is 2. The Bertz CT molecular complexity index is 972. The first kappa shape index (κ1) is 21.6. The van der Waals surface area contributed by atoms with Gasteiger partial charge in [0.15, 0.2) is 0 Å². The van der Waals surface area contributed by atoms with Crippen LogP contribution in [0, 0.1) is 19.8 Å². The summed E-state index contributed by atoms with van der Waals surface area (Å²) in [7, 11) is 1.51. The van der Waals surface area contributed by atoms with Gasteiger partial charge in [-0.25, -0.2) is 0 Å². The van der Waals surface area contributed by atoms with E-state index >= 15 is 0 Å². The third-order valence-electron chi connectivity index (χ3n) is 5.10. The van der Waals surface area contributed by atoms with Crippen LogP contribution in [-0.2, 0) is 14.4 Å². The second-order valence-corrected chi connectivity index (χ2v) is 7.69. The molecule has 0 radical (unpaired) electrons. The summed E-state index contributed by atoms with van der Waals surface area (Å²) in [6.45, 7) is 3.84. The molecule has 30 heavy (non-hydrogen) atoms. The summed E-state index contributed by atoms with van der Waals surface area (Å²) in [6.07, 6.45) is 0.0556. The molecular weight excluding hydrogens is 406 g/mol. The smallest absolute Gasteiger partial charge is 0.243 e. The quantitative estimate of drug-likeness (QED) is 0.738. The van der Waals surface area contributed by atoms with Crippen molar-refractivity contribution in [3.63, 3.8) is 0 Å². The highest BCUT2D eigenvalue weighted by molar-refractivity contribution is 6.31.